The summed E-state index contributed by atoms with van der Waals surface area (Å²) in [6.07, 6.45) is 1.50. The number of hydrogen-bond acceptors (Lipinski definition) is 5. The molecule has 5 heteroatoms. The molecule has 0 radical (unpaired) electrons. The van der Waals surface area contributed by atoms with Gasteiger partial charge in [-0.25, -0.2) is 4.98 Å². The molecular weight excluding hydrogens is 244 g/mol. The number of anilines is 1. The van der Waals surface area contributed by atoms with Crippen LogP contribution in [0.5, 0.6) is 11.5 Å². The number of nitrogens with two attached hydrogens (primary N) is 1. The van der Waals surface area contributed by atoms with Crippen LogP contribution in [0.2, 0.25) is 0 Å². The van der Waals surface area contributed by atoms with E-state index in [0.717, 1.165) is 11.1 Å². The summed E-state index contributed by atoms with van der Waals surface area (Å²) >= 11 is 0. The molecule has 3 N–H and O–H groups in total. The molecule has 0 spiro atoms. The number of aliphatic hydroxyl groups excluding tert-OH is 1. The van der Waals surface area contributed by atoms with E-state index in [1.807, 2.05) is 18.2 Å². The normalized spacial score (nSPS) is 14.4. The van der Waals surface area contributed by atoms with Crippen molar-refractivity contribution in [3.63, 3.8) is 0 Å². The average Bonchev–Trinajstić information content (AvgIpc) is 2.85. The number of rotatable bonds is 3. The first-order valence-corrected chi connectivity index (χ1v) is 6.00. The zero-order chi connectivity index (χ0) is 13.2. The maximum atomic E-state index is 10.2. The topological polar surface area (TPSA) is 77.6 Å². The second-order valence-electron chi connectivity index (χ2n) is 4.42. The van der Waals surface area contributed by atoms with Crippen LogP contribution in [-0.4, -0.2) is 16.9 Å². The van der Waals surface area contributed by atoms with E-state index in [1.165, 1.54) is 0 Å². The SMILES string of the molecule is Nc1cc(CC(O)c2ccc3c(c2)OCO3)ccn1. The lowest BCUT2D eigenvalue weighted by Gasteiger charge is -2.12. The third-order valence-electron chi connectivity index (χ3n) is 3.06. The number of ether oxygens (including phenoxy) is 2. The molecule has 1 aromatic carbocycles. The molecule has 0 saturated carbocycles. The fourth-order valence-corrected chi connectivity index (χ4v) is 2.08. The Morgan fingerprint density at radius 2 is 2.05 bits per heavy atom. The maximum absolute atomic E-state index is 10.2. The summed E-state index contributed by atoms with van der Waals surface area (Å²) in [5.74, 6) is 1.84. The highest BCUT2D eigenvalue weighted by atomic mass is 16.7. The fourth-order valence-electron chi connectivity index (χ4n) is 2.08. The molecule has 1 aliphatic heterocycles. The van der Waals surface area contributed by atoms with Gasteiger partial charge in [-0.15, -0.1) is 0 Å². The van der Waals surface area contributed by atoms with Crippen LogP contribution in [0.25, 0.3) is 0 Å². The second-order valence-corrected chi connectivity index (χ2v) is 4.42. The smallest absolute Gasteiger partial charge is 0.231 e. The Labute approximate surface area is 110 Å². The predicted molar refractivity (Wildman–Crippen MR) is 69.9 cm³/mol. The van der Waals surface area contributed by atoms with E-state index in [4.69, 9.17) is 15.2 Å². The van der Waals surface area contributed by atoms with Crippen molar-refractivity contribution in [3.05, 3.63) is 47.7 Å². The Kier molecular flexibility index (Phi) is 2.97. The first-order chi connectivity index (χ1) is 9.22. The van der Waals surface area contributed by atoms with Gasteiger partial charge < -0.3 is 20.3 Å². The van der Waals surface area contributed by atoms with Gasteiger partial charge in [-0.1, -0.05) is 6.07 Å². The van der Waals surface area contributed by atoms with Crippen LogP contribution in [0.15, 0.2) is 36.5 Å². The van der Waals surface area contributed by atoms with Gasteiger partial charge >= 0.3 is 0 Å². The number of fused-ring (bicyclic) bond motifs is 1. The van der Waals surface area contributed by atoms with Crippen LogP contribution in [0.3, 0.4) is 0 Å². The van der Waals surface area contributed by atoms with Gasteiger partial charge in [0.1, 0.15) is 5.82 Å². The molecule has 0 aliphatic carbocycles. The monoisotopic (exact) mass is 258 g/mol. The van der Waals surface area contributed by atoms with Crippen LogP contribution < -0.4 is 15.2 Å². The van der Waals surface area contributed by atoms with Crippen LogP contribution in [0.4, 0.5) is 5.82 Å². The summed E-state index contributed by atoms with van der Waals surface area (Å²) in [6, 6.07) is 9.05. The quantitative estimate of drug-likeness (QED) is 0.875. The lowest BCUT2D eigenvalue weighted by atomic mass is 10.0. The van der Waals surface area contributed by atoms with Crippen LogP contribution in [0.1, 0.15) is 17.2 Å². The van der Waals surface area contributed by atoms with E-state index in [-0.39, 0.29) is 6.79 Å². The average molecular weight is 258 g/mol. The minimum atomic E-state index is -0.615. The summed E-state index contributed by atoms with van der Waals surface area (Å²) < 4.78 is 10.5. The first-order valence-electron chi connectivity index (χ1n) is 6.00. The van der Waals surface area contributed by atoms with Gasteiger partial charge in [0.05, 0.1) is 6.10 Å². The minimum absolute atomic E-state index is 0.232. The second kappa shape index (κ2) is 4.78. The molecule has 2 heterocycles. The Bertz CT molecular complexity index is 601. The van der Waals surface area contributed by atoms with Crippen molar-refractivity contribution in [2.45, 2.75) is 12.5 Å². The largest absolute Gasteiger partial charge is 0.454 e. The third-order valence-corrected chi connectivity index (χ3v) is 3.06. The molecule has 0 amide bonds. The van der Waals surface area contributed by atoms with Crippen LogP contribution in [-0.2, 0) is 6.42 Å². The Morgan fingerprint density at radius 1 is 1.21 bits per heavy atom. The molecule has 1 aliphatic rings. The summed E-state index contributed by atoms with van der Waals surface area (Å²) in [5, 5.41) is 10.2. The number of aliphatic hydroxyl groups is 1. The molecule has 0 saturated heterocycles. The summed E-state index contributed by atoms with van der Waals surface area (Å²) in [5.41, 5.74) is 7.35. The maximum Gasteiger partial charge on any atom is 0.231 e. The van der Waals surface area contributed by atoms with Gasteiger partial charge in [0.25, 0.3) is 0 Å². The number of hydrogen-bond donors (Lipinski definition) is 2. The Balaban J connectivity index is 1.78. The van der Waals surface area contributed by atoms with Crippen molar-refractivity contribution in [3.8, 4) is 11.5 Å². The molecule has 0 bridgehead atoms. The summed E-state index contributed by atoms with van der Waals surface area (Å²) in [6.45, 7) is 0.232. The third kappa shape index (κ3) is 2.46. The van der Waals surface area contributed by atoms with Crippen molar-refractivity contribution in [1.82, 2.24) is 4.98 Å². The van der Waals surface area contributed by atoms with Crippen molar-refractivity contribution in [1.29, 1.82) is 0 Å². The van der Waals surface area contributed by atoms with Gasteiger partial charge in [-0.2, -0.15) is 0 Å². The van der Waals surface area contributed by atoms with Gasteiger partial charge in [0.2, 0.25) is 6.79 Å². The van der Waals surface area contributed by atoms with E-state index in [2.05, 4.69) is 4.98 Å². The van der Waals surface area contributed by atoms with E-state index in [9.17, 15) is 5.11 Å². The Hall–Kier alpha value is -2.27. The van der Waals surface area contributed by atoms with E-state index < -0.39 is 6.10 Å². The molecule has 19 heavy (non-hydrogen) atoms. The van der Waals surface area contributed by atoms with Gasteiger partial charge in [0, 0.05) is 12.6 Å². The van der Waals surface area contributed by atoms with Gasteiger partial charge in [-0.3, -0.25) is 0 Å². The van der Waals surface area contributed by atoms with Gasteiger partial charge in [0.15, 0.2) is 11.5 Å². The predicted octanol–water partition coefficient (Wildman–Crippen LogP) is 1.67. The number of pyridine rings is 1. The van der Waals surface area contributed by atoms with E-state index in [0.29, 0.717) is 23.7 Å². The number of nitrogens with zero attached hydrogens (tertiary/aromatic N) is 1. The van der Waals surface area contributed by atoms with Gasteiger partial charge in [-0.05, 0) is 35.4 Å². The van der Waals surface area contributed by atoms with E-state index in [1.54, 1.807) is 18.3 Å². The lowest BCUT2D eigenvalue weighted by Crippen LogP contribution is -2.03. The van der Waals surface area contributed by atoms with Crippen molar-refractivity contribution < 1.29 is 14.6 Å². The molecular formula is C14H14N2O3. The minimum Gasteiger partial charge on any atom is -0.454 e. The van der Waals surface area contributed by atoms with Crippen LogP contribution in [0, 0.1) is 0 Å². The Morgan fingerprint density at radius 3 is 2.89 bits per heavy atom. The molecule has 1 aromatic heterocycles. The first kappa shape index (κ1) is 11.8. The molecule has 1 atom stereocenters. The molecule has 2 aromatic rings. The highest BCUT2D eigenvalue weighted by Crippen LogP contribution is 2.34. The van der Waals surface area contributed by atoms with Crippen LogP contribution >= 0.6 is 0 Å². The number of benzene rings is 1. The van der Waals surface area contributed by atoms with Crippen molar-refractivity contribution in [2.75, 3.05) is 12.5 Å². The molecule has 1 unspecified atom stereocenters. The lowest BCUT2D eigenvalue weighted by molar-refractivity contribution is 0.171. The zero-order valence-corrected chi connectivity index (χ0v) is 10.2. The molecule has 0 fully saturated rings. The fraction of sp³-hybridized carbons (Fsp3) is 0.214. The highest BCUT2D eigenvalue weighted by molar-refractivity contribution is 5.45. The zero-order valence-electron chi connectivity index (χ0n) is 10.2. The number of nitrogen functional groups attached to an aromatic ring is 1. The van der Waals surface area contributed by atoms with Crippen molar-refractivity contribution >= 4 is 5.82 Å². The summed E-state index contributed by atoms with van der Waals surface area (Å²) in [4.78, 5) is 3.93. The van der Waals surface area contributed by atoms with Crippen molar-refractivity contribution in [2.24, 2.45) is 0 Å². The van der Waals surface area contributed by atoms with E-state index >= 15 is 0 Å². The molecule has 5 nitrogen and oxygen atoms in total. The molecule has 98 valence electrons. The molecule has 3 rings (SSSR count). The standard InChI is InChI=1S/C14H14N2O3/c15-14-6-9(3-4-16-14)5-11(17)10-1-2-12-13(7-10)19-8-18-12/h1-4,6-7,11,17H,5,8H2,(H2,15,16). The highest BCUT2D eigenvalue weighted by Gasteiger charge is 2.16. The summed E-state index contributed by atoms with van der Waals surface area (Å²) in [7, 11) is 0. The number of aromatic nitrogens is 1.